The van der Waals surface area contributed by atoms with Crippen LogP contribution in [0.4, 0.5) is 4.39 Å². The quantitative estimate of drug-likeness (QED) is 0.860. The summed E-state index contributed by atoms with van der Waals surface area (Å²) in [6.45, 7) is 0. The molecular formula is C15H15FN2O. The van der Waals surface area contributed by atoms with E-state index in [0.29, 0.717) is 5.56 Å². The van der Waals surface area contributed by atoms with Crippen LogP contribution < -0.4 is 0 Å². The number of carbonyl (C=O) groups excluding carboxylic acids is 1. The Morgan fingerprint density at radius 2 is 1.95 bits per heavy atom. The molecule has 1 aliphatic carbocycles. The van der Waals surface area contributed by atoms with Gasteiger partial charge in [-0.05, 0) is 49.9 Å². The summed E-state index contributed by atoms with van der Waals surface area (Å²) in [4.78, 5) is 19.8. The van der Waals surface area contributed by atoms with E-state index in [-0.39, 0.29) is 18.0 Å². The monoisotopic (exact) mass is 258 g/mol. The van der Waals surface area contributed by atoms with Crippen molar-refractivity contribution in [2.24, 2.45) is 0 Å². The fourth-order valence-corrected chi connectivity index (χ4v) is 2.49. The van der Waals surface area contributed by atoms with Gasteiger partial charge in [0.05, 0.1) is 12.1 Å². The molecule has 0 atom stereocenters. The molecule has 1 N–H and O–H groups in total. The van der Waals surface area contributed by atoms with Crippen molar-refractivity contribution in [3.05, 3.63) is 52.9 Å². The summed E-state index contributed by atoms with van der Waals surface area (Å²) in [5.41, 5.74) is 2.80. The van der Waals surface area contributed by atoms with E-state index in [1.165, 1.54) is 42.8 Å². The third-order valence-electron chi connectivity index (χ3n) is 3.50. The van der Waals surface area contributed by atoms with Gasteiger partial charge in [-0.15, -0.1) is 0 Å². The Kier molecular flexibility index (Phi) is 3.15. The SMILES string of the molecule is O=C(Cc1nc2c([nH]1)CCCC2)c1ccc(F)cc1. The normalized spacial score (nSPS) is 14.2. The number of Topliss-reactive ketones (excluding diaryl/α,β-unsaturated/α-hetero) is 1. The Morgan fingerprint density at radius 1 is 1.21 bits per heavy atom. The number of H-pyrrole nitrogens is 1. The number of halogens is 1. The van der Waals surface area contributed by atoms with Crippen LogP contribution in [0.2, 0.25) is 0 Å². The number of carbonyl (C=O) groups is 1. The lowest BCUT2D eigenvalue weighted by atomic mass is 10.0. The highest BCUT2D eigenvalue weighted by atomic mass is 19.1. The van der Waals surface area contributed by atoms with Crippen LogP contribution >= 0.6 is 0 Å². The number of aromatic nitrogens is 2. The highest BCUT2D eigenvalue weighted by Gasteiger charge is 2.16. The molecule has 0 saturated carbocycles. The number of rotatable bonds is 3. The Balaban J connectivity index is 1.75. The number of nitrogens with one attached hydrogen (secondary N) is 1. The van der Waals surface area contributed by atoms with Crippen molar-refractivity contribution in [3.8, 4) is 0 Å². The molecule has 3 rings (SSSR count). The summed E-state index contributed by atoms with van der Waals surface area (Å²) >= 11 is 0. The summed E-state index contributed by atoms with van der Waals surface area (Å²) in [5.74, 6) is 0.359. The fourth-order valence-electron chi connectivity index (χ4n) is 2.49. The van der Waals surface area contributed by atoms with Crippen molar-refractivity contribution < 1.29 is 9.18 Å². The predicted molar refractivity (Wildman–Crippen MR) is 69.7 cm³/mol. The lowest BCUT2D eigenvalue weighted by Gasteiger charge is -2.07. The third-order valence-corrected chi connectivity index (χ3v) is 3.50. The molecule has 1 aliphatic rings. The molecule has 1 heterocycles. The lowest BCUT2D eigenvalue weighted by molar-refractivity contribution is 0.0991. The minimum Gasteiger partial charge on any atom is -0.345 e. The maximum Gasteiger partial charge on any atom is 0.170 e. The van der Waals surface area contributed by atoms with Crippen LogP contribution in [0.1, 0.15) is 40.4 Å². The number of fused-ring (bicyclic) bond motifs is 1. The highest BCUT2D eigenvalue weighted by molar-refractivity contribution is 5.97. The molecule has 98 valence electrons. The van der Waals surface area contributed by atoms with E-state index >= 15 is 0 Å². The van der Waals surface area contributed by atoms with E-state index in [0.717, 1.165) is 24.4 Å². The fraction of sp³-hybridized carbons (Fsp3) is 0.333. The van der Waals surface area contributed by atoms with Crippen LogP contribution in [-0.2, 0) is 19.3 Å². The molecule has 0 bridgehead atoms. The van der Waals surface area contributed by atoms with Gasteiger partial charge in [-0.25, -0.2) is 9.37 Å². The second kappa shape index (κ2) is 4.96. The number of imidazole rings is 1. The van der Waals surface area contributed by atoms with Gasteiger partial charge in [-0.3, -0.25) is 4.79 Å². The van der Waals surface area contributed by atoms with Gasteiger partial charge in [0.2, 0.25) is 0 Å². The van der Waals surface area contributed by atoms with Gasteiger partial charge < -0.3 is 4.98 Å². The maximum atomic E-state index is 12.8. The van der Waals surface area contributed by atoms with E-state index in [1.807, 2.05) is 0 Å². The number of hydrogen-bond donors (Lipinski definition) is 1. The van der Waals surface area contributed by atoms with Gasteiger partial charge in [-0.2, -0.15) is 0 Å². The average Bonchev–Trinajstić information content (AvgIpc) is 2.81. The van der Waals surface area contributed by atoms with Crippen LogP contribution in [-0.4, -0.2) is 15.8 Å². The van der Waals surface area contributed by atoms with Crippen LogP contribution in [0.5, 0.6) is 0 Å². The van der Waals surface area contributed by atoms with Gasteiger partial charge in [-0.1, -0.05) is 0 Å². The Bertz CT molecular complexity index is 578. The van der Waals surface area contributed by atoms with Gasteiger partial charge >= 0.3 is 0 Å². The van der Waals surface area contributed by atoms with Crippen molar-refractivity contribution in [1.29, 1.82) is 0 Å². The largest absolute Gasteiger partial charge is 0.345 e. The zero-order valence-corrected chi connectivity index (χ0v) is 10.6. The molecule has 0 fully saturated rings. The molecule has 4 heteroatoms. The van der Waals surface area contributed by atoms with Crippen molar-refractivity contribution >= 4 is 5.78 Å². The van der Waals surface area contributed by atoms with E-state index in [1.54, 1.807) is 0 Å². The number of aromatic amines is 1. The zero-order chi connectivity index (χ0) is 13.2. The molecule has 19 heavy (non-hydrogen) atoms. The topological polar surface area (TPSA) is 45.8 Å². The predicted octanol–water partition coefficient (Wildman–Crippen LogP) is 2.85. The van der Waals surface area contributed by atoms with Gasteiger partial charge in [0.25, 0.3) is 0 Å². The van der Waals surface area contributed by atoms with Gasteiger partial charge in [0, 0.05) is 11.3 Å². The Morgan fingerprint density at radius 3 is 2.68 bits per heavy atom. The number of hydrogen-bond acceptors (Lipinski definition) is 2. The molecular weight excluding hydrogens is 243 g/mol. The Hall–Kier alpha value is -1.97. The number of nitrogens with zero attached hydrogens (tertiary/aromatic N) is 1. The summed E-state index contributed by atoms with van der Waals surface area (Å²) in [6.07, 6.45) is 4.62. The average molecular weight is 258 g/mol. The van der Waals surface area contributed by atoms with E-state index < -0.39 is 0 Å². The molecule has 0 radical (unpaired) electrons. The number of aryl methyl sites for hydroxylation is 2. The van der Waals surface area contributed by atoms with E-state index in [4.69, 9.17) is 0 Å². The molecule has 2 aromatic rings. The summed E-state index contributed by atoms with van der Waals surface area (Å²) in [6, 6.07) is 5.64. The molecule has 0 unspecified atom stereocenters. The first kappa shape index (κ1) is 12.1. The van der Waals surface area contributed by atoms with Gasteiger partial charge in [0.1, 0.15) is 11.6 Å². The second-order valence-electron chi connectivity index (χ2n) is 4.92. The summed E-state index contributed by atoms with van der Waals surface area (Å²) in [5, 5.41) is 0. The van der Waals surface area contributed by atoms with Crippen LogP contribution in [0.25, 0.3) is 0 Å². The van der Waals surface area contributed by atoms with Crippen LogP contribution in [0.15, 0.2) is 24.3 Å². The maximum absolute atomic E-state index is 12.8. The van der Waals surface area contributed by atoms with Gasteiger partial charge in [0.15, 0.2) is 5.78 Å². The standard InChI is InChI=1S/C15H15FN2O/c16-11-7-5-10(6-8-11)14(19)9-15-17-12-3-1-2-4-13(12)18-15/h5-8H,1-4,9H2,(H,17,18). The third kappa shape index (κ3) is 2.57. The molecule has 0 aliphatic heterocycles. The smallest absolute Gasteiger partial charge is 0.170 e. The molecule has 3 nitrogen and oxygen atoms in total. The molecule has 0 saturated heterocycles. The number of benzene rings is 1. The minimum absolute atomic E-state index is 0.0360. The molecule has 1 aromatic carbocycles. The van der Waals surface area contributed by atoms with E-state index in [9.17, 15) is 9.18 Å². The Labute approximate surface area is 110 Å². The van der Waals surface area contributed by atoms with Crippen molar-refractivity contribution in [1.82, 2.24) is 9.97 Å². The van der Waals surface area contributed by atoms with Crippen molar-refractivity contribution in [2.75, 3.05) is 0 Å². The lowest BCUT2D eigenvalue weighted by Crippen LogP contribution is -2.05. The van der Waals surface area contributed by atoms with Crippen molar-refractivity contribution in [2.45, 2.75) is 32.1 Å². The zero-order valence-electron chi connectivity index (χ0n) is 10.6. The molecule has 1 aromatic heterocycles. The van der Waals surface area contributed by atoms with E-state index in [2.05, 4.69) is 9.97 Å². The second-order valence-corrected chi connectivity index (χ2v) is 4.92. The number of ketones is 1. The minimum atomic E-state index is -0.329. The summed E-state index contributed by atoms with van der Waals surface area (Å²) in [7, 11) is 0. The van der Waals surface area contributed by atoms with Crippen LogP contribution in [0, 0.1) is 5.82 Å². The molecule has 0 amide bonds. The summed E-state index contributed by atoms with van der Waals surface area (Å²) < 4.78 is 12.8. The first-order valence-corrected chi connectivity index (χ1v) is 6.58. The van der Waals surface area contributed by atoms with Crippen molar-refractivity contribution in [3.63, 3.8) is 0 Å². The first-order valence-electron chi connectivity index (χ1n) is 6.58. The first-order chi connectivity index (χ1) is 9.22. The molecule has 0 spiro atoms. The highest BCUT2D eigenvalue weighted by Crippen LogP contribution is 2.19. The van der Waals surface area contributed by atoms with Crippen LogP contribution in [0.3, 0.4) is 0 Å².